The van der Waals surface area contributed by atoms with E-state index >= 15 is 0 Å². The fourth-order valence-electron chi connectivity index (χ4n) is 2.09. The average molecular weight is 191 g/mol. The molecular weight excluding hydrogens is 176 g/mol. The summed E-state index contributed by atoms with van der Waals surface area (Å²) in [7, 11) is 0. The molecule has 12 heavy (non-hydrogen) atoms. The Labute approximate surface area is 78.7 Å². The third-order valence-corrected chi connectivity index (χ3v) is 2.84. The van der Waals surface area contributed by atoms with E-state index in [9.17, 15) is 4.79 Å². The Morgan fingerprint density at radius 3 is 2.58 bits per heavy atom. The van der Waals surface area contributed by atoms with E-state index in [2.05, 4.69) is 10.6 Å². The third-order valence-electron chi connectivity index (χ3n) is 2.84. The van der Waals surface area contributed by atoms with Crippen molar-refractivity contribution in [3.8, 4) is 0 Å². The fraction of sp³-hybridized carbons (Fsp3) is 0.875. The van der Waals surface area contributed by atoms with Gasteiger partial charge in [0.15, 0.2) is 0 Å². The number of nitrogens with one attached hydrogen (secondary N) is 2. The number of piperidine rings is 1. The van der Waals surface area contributed by atoms with Gasteiger partial charge >= 0.3 is 0 Å². The summed E-state index contributed by atoms with van der Waals surface area (Å²) >= 11 is 0. The molecule has 2 rings (SSSR count). The normalized spacial score (nSPS) is 34.5. The lowest BCUT2D eigenvalue weighted by molar-refractivity contribution is -0.128. The highest BCUT2D eigenvalue weighted by Crippen LogP contribution is 2.33. The van der Waals surface area contributed by atoms with Crippen LogP contribution in [0.4, 0.5) is 0 Å². The smallest absolute Gasteiger partial charge is 0.227 e. The van der Waals surface area contributed by atoms with E-state index < -0.39 is 0 Å². The highest BCUT2D eigenvalue weighted by atomic mass is 35.5. The number of halogens is 1. The number of rotatable bonds is 0. The molecule has 3 nitrogen and oxygen atoms in total. The van der Waals surface area contributed by atoms with Gasteiger partial charge in [0.1, 0.15) is 0 Å². The summed E-state index contributed by atoms with van der Waals surface area (Å²) < 4.78 is 0. The molecule has 70 valence electrons. The maximum atomic E-state index is 11.4. The second kappa shape index (κ2) is 3.62. The lowest BCUT2D eigenvalue weighted by Gasteiger charge is -2.30. The number of amides is 1. The van der Waals surface area contributed by atoms with Crippen molar-refractivity contribution in [2.24, 2.45) is 5.41 Å². The van der Waals surface area contributed by atoms with Crippen LogP contribution in [0, 0.1) is 5.41 Å². The molecule has 2 fully saturated rings. The van der Waals surface area contributed by atoms with Crippen LogP contribution < -0.4 is 10.6 Å². The Morgan fingerprint density at radius 1 is 1.25 bits per heavy atom. The molecule has 2 saturated heterocycles. The molecule has 0 aromatic rings. The zero-order valence-corrected chi connectivity index (χ0v) is 7.88. The van der Waals surface area contributed by atoms with E-state index in [1.54, 1.807) is 0 Å². The van der Waals surface area contributed by atoms with Crippen LogP contribution in [0.2, 0.25) is 0 Å². The van der Waals surface area contributed by atoms with Crippen LogP contribution in [0.1, 0.15) is 19.3 Å². The van der Waals surface area contributed by atoms with E-state index in [1.165, 1.54) is 0 Å². The number of carbonyl (C=O) groups is 1. The highest BCUT2D eigenvalue weighted by molar-refractivity contribution is 5.85. The maximum Gasteiger partial charge on any atom is 0.227 e. The minimum atomic E-state index is -0.0295. The van der Waals surface area contributed by atoms with E-state index in [0.29, 0.717) is 0 Å². The van der Waals surface area contributed by atoms with Crippen molar-refractivity contribution in [1.29, 1.82) is 0 Å². The second-order valence-electron chi connectivity index (χ2n) is 3.57. The fourth-order valence-corrected chi connectivity index (χ4v) is 2.09. The van der Waals surface area contributed by atoms with Crippen molar-refractivity contribution in [3.05, 3.63) is 0 Å². The van der Waals surface area contributed by atoms with Gasteiger partial charge in [-0.3, -0.25) is 4.79 Å². The molecule has 2 N–H and O–H groups in total. The summed E-state index contributed by atoms with van der Waals surface area (Å²) in [5, 5.41) is 6.19. The molecule has 1 spiro atoms. The second-order valence-corrected chi connectivity index (χ2v) is 3.57. The SMILES string of the molecule is Cl.O=C1NCC[C@@]12CCCNC2. The van der Waals surface area contributed by atoms with Gasteiger partial charge in [0.2, 0.25) is 5.91 Å². The number of hydrogen-bond acceptors (Lipinski definition) is 2. The average Bonchev–Trinajstić information content (AvgIpc) is 2.36. The van der Waals surface area contributed by atoms with Crippen molar-refractivity contribution in [2.45, 2.75) is 19.3 Å². The Balaban J connectivity index is 0.000000720. The first-order valence-corrected chi connectivity index (χ1v) is 4.33. The molecule has 1 atom stereocenters. The van der Waals surface area contributed by atoms with Gasteiger partial charge in [-0.25, -0.2) is 0 Å². The van der Waals surface area contributed by atoms with Crippen LogP contribution in [0.15, 0.2) is 0 Å². The zero-order chi connectivity index (χ0) is 7.73. The van der Waals surface area contributed by atoms with Crippen molar-refractivity contribution in [2.75, 3.05) is 19.6 Å². The van der Waals surface area contributed by atoms with Gasteiger partial charge in [0.05, 0.1) is 5.41 Å². The van der Waals surface area contributed by atoms with Crippen LogP contribution >= 0.6 is 12.4 Å². The van der Waals surface area contributed by atoms with E-state index in [-0.39, 0.29) is 23.7 Å². The molecule has 0 unspecified atom stereocenters. The molecular formula is C8H15ClN2O. The van der Waals surface area contributed by atoms with Gasteiger partial charge in [-0.05, 0) is 25.8 Å². The van der Waals surface area contributed by atoms with Crippen LogP contribution in [-0.4, -0.2) is 25.5 Å². The quantitative estimate of drug-likeness (QED) is 0.577. The summed E-state index contributed by atoms with van der Waals surface area (Å²) in [6.45, 7) is 2.84. The van der Waals surface area contributed by atoms with Gasteiger partial charge in [-0.1, -0.05) is 0 Å². The Kier molecular flexibility index (Phi) is 2.96. The monoisotopic (exact) mass is 190 g/mol. The van der Waals surface area contributed by atoms with Crippen LogP contribution in [-0.2, 0) is 4.79 Å². The largest absolute Gasteiger partial charge is 0.356 e. The minimum absolute atomic E-state index is 0. The summed E-state index contributed by atoms with van der Waals surface area (Å²) in [6, 6.07) is 0. The highest BCUT2D eigenvalue weighted by Gasteiger charge is 2.42. The summed E-state index contributed by atoms with van der Waals surface area (Å²) in [5.74, 6) is 0.268. The molecule has 0 radical (unpaired) electrons. The standard InChI is InChI=1S/C8H14N2O.ClH/c11-7-8(3-5-10-7)2-1-4-9-6-8;/h9H,1-6H2,(H,10,11);1H/t8-;/m1./s1. The molecule has 0 saturated carbocycles. The van der Waals surface area contributed by atoms with Gasteiger partial charge in [0.25, 0.3) is 0 Å². The summed E-state index contributed by atoms with van der Waals surface area (Å²) in [6.07, 6.45) is 3.25. The van der Waals surface area contributed by atoms with E-state index in [1.807, 2.05) is 0 Å². The minimum Gasteiger partial charge on any atom is -0.356 e. The van der Waals surface area contributed by atoms with Crippen molar-refractivity contribution < 1.29 is 4.79 Å². The van der Waals surface area contributed by atoms with Gasteiger partial charge in [-0.2, -0.15) is 0 Å². The number of carbonyl (C=O) groups excluding carboxylic acids is 1. The van der Waals surface area contributed by atoms with Crippen LogP contribution in [0.5, 0.6) is 0 Å². The molecule has 0 aliphatic carbocycles. The first-order valence-electron chi connectivity index (χ1n) is 4.33. The molecule has 2 heterocycles. The Hall–Kier alpha value is -0.280. The Bertz CT molecular complexity index is 178. The number of hydrogen-bond donors (Lipinski definition) is 2. The predicted octanol–water partition coefficient (Wildman–Crippen LogP) is 0.298. The van der Waals surface area contributed by atoms with Crippen molar-refractivity contribution in [3.63, 3.8) is 0 Å². The topological polar surface area (TPSA) is 41.1 Å². The van der Waals surface area contributed by atoms with Crippen molar-refractivity contribution in [1.82, 2.24) is 10.6 Å². The first-order chi connectivity index (χ1) is 5.33. The lowest BCUT2D eigenvalue weighted by Crippen LogP contribution is -2.44. The van der Waals surface area contributed by atoms with Gasteiger partial charge in [-0.15, -0.1) is 12.4 Å². The molecule has 0 bridgehead atoms. The van der Waals surface area contributed by atoms with E-state index in [4.69, 9.17) is 0 Å². The third kappa shape index (κ3) is 1.43. The molecule has 0 aromatic heterocycles. The summed E-state index contributed by atoms with van der Waals surface area (Å²) in [4.78, 5) is 11.4. The van der Waals surface area contributed by atoms with Crippen molar-refractivity contribution >= 4 is 18.3 Å². The lowest BCUT2D eigenvalue weighted by atomic mass is 9.79. The molecule has 2 aliphatic heterocycles. The molecule has 1 amide bonds. The van der Waals surface area contributed by atoms with Crippen LogP contribution in [0.25, 0.3) is 0 Å². The Morgan fingerprint density at radius 2 is 2.08 bits per heavy atom. The maximum absolute atomic E-state index is 11.4. The molecule has 4 heteroatoms. The molecule has 0 aromatic carbocycles. The summed E-state index contributed by atoms with van der Waals surface area (Å²) in [5.41, 5.74) is -0.0295. The predicted molar refractivity (Wildman–Crippen MR) is 49.4 cm³/mol. The van der Waals surface area contributed by atoms with E-state index in [0.717, 1.165) is 38.9 Å². The van der Waals surface area contributed by atoms with Gasteiger partial charge < -0.3 is 10.6 Å². The first kappa shape index (κ1) is 9.81. The van der Waals surface area contributed by atoms with Crippen LogP contribution in [0.3, 0.4) is 0 Å². The molecule has 2 aliphatic rings. The van der Waals surface area contributed by atoms with Gasteiger partial charge in [0, 0.05) is 13.1 Å². The zero-order valence-electron chi connectivity index (χ0n) is 7.06.